The first-order valence-corrected chi connectivity index (χ1v) is 7.44. The number of carbonyl (C=O) groups is 3. The second-order valence-corrected chi connectivity index (χ2v) is 6.35. The third-order valence-electron chi connectivity index (χ3n) is 2.71. The fraction of sp³-hybridized carbons (Fsp3) is 0.667. The molecule has 0 fully saturated rings. The molecule has 1 N–H and O–H groups in total. The highest BCUT2D eigenvalue weighted by Gasteiger charge is 2.31. The standard InChI is InChI=1S/C15H20F3NO6/c1-14(2,3)25-13(22)19-9-4-5-10(6-9)24-12(21)7-11(20)23-8-15(16,17)18/h4-5,9-10H,6-8H2,1-3H3,(H,19,22). The molecule has 0 aromatic heterocycles. The predicted octanol–water partition coefficient (Wildman–Crippen LogP) is 2.25. The van der Waals surface area contributed by atoms with Gasteiger partial charge in [0.05, 0.1) is 6.04 Å². The molecule has 0 aromatic rings. The van der Waals surface area contributed by atoms with Crippen molar-refractivity contribution in [3.05, 3.63) is 12.2 Å². The van der Waals surface area contributed by atoms with Gasteiger partial charge in [-0.1, -0.05) is 6.08 Å². The van der Waals surface area contributed by atoms with Gasteiger partial charge in [-0.2, -0.15) is 13.2 Å². The van der Waals surface area contributed by atoms with E-state index >= 15 is 0 Å². The molecule has 0 spiro atoms. The first kappa shape index (κ1) is 20.8. The number of amides is 1. The largest absolute Gasteiger partial charge is 0.458 e. The first-order chi connectivity index (χ1) is 11.3. The highest BCUT2D eigenvalue weighted by atomic mass is 19.4. The summed E-state index contributed by atoms with van der Waals surface area (Å²) in [6.45, 7) is 3.36. The summed E-state index contributed by atoms with van der Waals surface area (Å²) in [6, 6.07) is -0.426. The Labute approximate surface area is 142 Å². The van der Waals surface area contributed by atoms with Gasteiger partial charge in [-0.3, -0.25) is 9.59 Å². The molecule has 0 heterocycles. The molecule has 25 heavy (non-hydrogen) atoms. The van der Waals surface area contributed by atoms with E-state index in [1.807, 2.05) is 0 Å². The topological polar surface area (TPSA) is 90.9 Å². The monoisotopic (exact) mass is 367 g/mol. The van der Waals surface area contributed by atoms with Gasteiger partial charge < -0.3 is 19.5 Å². The summed E-state index contributed by atoms with van der Waals surface area (Å²) in [5.74, 6) is -2.34. The quantitative estimate of drug-likeness (QED) is 0.347. The fourth-order valence-corrected chi connectivity index (χ4v) is 1.86. The predicted molar refractivity (Wildman–Crippen MR) is 78.4 cm³/mol. The molecule has 0 radical (unpaired) electrons. The van der Waals surface area contributed by atoms with Crippen LogP contribution in [0.1, 0.15) is 33.6 Å². The van der Waals surface area contributed by atoms with Crippen molar-refractivity contribution in [2.75, 3.05) is 6.61 Å². The molecule has 1 aliphatic carbocycles. The second-order valence-electron chi connectivity index (χ2n) is 6.35. The van der Waals surface area contributed by atoms with Crippen molar-refractivity contribution in [2.45, 2.75) is 57.5 Å². The van der Waals surface area contributed by atoms with Crippen LogP contribution in [0.5, 0.6) is 0 Å². The van der Waals surface area contributed by atoms with Crippen molar-refractivity contribution < 1.29 is 41.8 Å². The Bertz CT molecular complexity index is 538. The normalized spacial score (nSPS) is 20.1. The van der Waals surface area contributed by atoms with Gasteiger partial charge in [0.1, 0.15) is 18.1 Å². The summed E-state index contributed by atoms with van der Waals surface area (Å²) in [7, 11) is 0. The number of ether oxygens (including phenoxy) is 3. The van der Waals surface area contributed by atoms with Gasteiger partial charge in [0.25, 0.3) is 0 Å². The SMILES string of the molecule is CC(C)(C)OC(=O)NC1C=CC(OC(=O)CC(=O)OCC(F)(F)F)C1. The fourth-order valence-electron chi connectivity index (χ4n) is 1.86. The maximum absolute atomic E-state index is 11.9. The van der Waals surface area contributed by atoms with E-state index in [9.17, 15) is 27.6 Å². The summed E-state index contributed by atoms with van der Waals surface area (Å²) in [6.07, 6.45) is -3.61. The van der Waals surface area contributed by atoms with Gasteiger partial charge in [-0.15, -0.1) is 0 Å². The lowest BCUT2D eigenvalue weighted by Crippen LogP contribution is -2.38. The van der Waals surface area contributed by atoms with E-state index in [0.29, 0.717) is 0 Å². The second kappa shape index (κ2) is 8.21. The van der Waals surface area contributed by atoms with Gasteiger partial charge in [0, 0.05) is 6.42 Å². The van der Waals surface area contributed by atoms with Gasteiger partial charge in [0.2, 0.25) is 0 Å². The first-order valence-electron chi connectivity index (χ1n) is 7.44. The lowest BCUT2D eigenvalue weighted by Gasteiger charge is -2.21. The van der Waals surface area contributed by atoms with Crippen molar-refractivity contribution in [1.29, 1.82) is 0 Å². The number of alkyl carbamates (subject to hydrolysis) is 1. The van der Waals surface area contributed by atoms with Crippen molar-refractivity contribution in [2.24, 2.45) is 0 Å². The van der Waals surface area contributed by atoms with Crippen LogP contribution >= 0.6 is 0 Å². The molecule has 0 aromatic carbocycles. The molecule has 0 bridgehead atoms. The molecule has 0 aliphatic heterocycles. The zero-order chi connectivity index (χ0) is 19.3. The molecule has 1 rings (SSSR count). The van der Waals surface area contributed by atoms with Crippen LogP contribution in [0.4, 0.5) is 18.0 Å². The van der Waals surface area contributed by atoms with E-state index < -0.39 is 55.0 Å². The minimum absolute atomic E-state index is 0.225. The number of esters is 2. The third-order valence-corrected chi connectivity index (χ3v) is 2.71. The van der Waals surface area contributed by atoms with Crippen LogP contribution in [-0.4, -0.2) is 48.6 Å². The minimum Gasteiger partial charge on any atom is -0.458 e. The van der Waals surface area contributed by atoms with Gasteiger partial charge in [0.15, 0.2) is 6.61 Å². The Kier molecular flexibility index (Phi) is 6.83. The number of hydrogen-bond acceptors (Lipinski definition) is 6. The smallest absolute Gasteiger partial charge is 0.422 e. The summed E-state index contributed by atoms with van der Waals surface area (Å²) in [4.78, 5) is 34.2. The van der Waals surface area contributed by atoms with E-state index in [0.717, 1.165) is 0 Å². The highest BCUT2D eigenvalue weighted by molar-refractivity contribution is 5.91. The minimum atomic E-state index is -4.66. The highest BCUT2D eigenvalue weighted by Crippen LogP contribution is 2.17. The van der Waals surface area contributed by atoms with Gasteiger partial charge in [-0.05, 0) is 26.8 Å². The van der Waals surface area contributed by atoms with Crippen LogP contribution in [-0.2, 0) is 23.8 Å². The Morgan fingerprint density at radius 2 is 1.76 bits per heavy atom. The van der Waals surface area contributed by atoms with Crippen molar-refractivity contribution in [1.82, 2.24) is 5.32 Å². The molecule has 0 saturated carbocycles. The van der Waals surface area contributed by atoms with Crippen LogP contribution in [0.3, 0.4) is 0 Å². The van der Waals surface area contributed by atoms with Crippen LogP contribution in [0.15, 0.2) is 12.2 Å². The van der Waals surface area contributed by atoms with Gasteiger partial charge >= 0.3 is 24.2 Å². The molecule has 10 heteroatoms. The Morgan fingerprint density at radius 3 is 2.32 bits per heavy atom. The maximum atomic E-state index is 11.9. The molecule has 142 valence electrons. The number of nitrogens with one attached hydrogen (secondary N) is 1. The molecule has 0 saturated heterocycles. The zero-order valence-electron chi connectivity index (χ0n) is 14.0. The van der Waals surface area contributed by atoms with Crippen molar-refractivity contribution in [3.63, 3.8) is 0 Å². The van der Waals surface area contributed by atoms with E-state index in [1.54, 1.807) is 26.8 Å². The molecule has 7 nitrogen and oxygen atoms in total. The molecule has 1 amide bonds. The van der Waals surface area contributed by atoms with Crippen LogP contribution < -0.4 is 5.32 Å². The molecule has 1 aliphatic rings. The summed E-state index contributed by atoms with van der Waals surface area (Å²) < 4.78 is 49.6. The average Bonchev–Trinajstić information content (AvgIpc) is 2.80. The Morgan fingerprint density at radius 1 is 1.12 bits per heavy atom. The zero-order valence-corrected chi connectivity index (χ0v) is 14.0. The maximum Gasteiger partial charge on any atom is 0.422 e. The van der Waals surface area contributed by atoms with E-state index in [2.05, 4.69) is 10.1 Å². The Hall–Kier alpha value is -2.26. The number of halogens is 3. The van der Waals surface area contributed by atoms with E-state index in [1.165, 1.54) is 6.08 Å². The van der Waals surface area contributed by atoms with E-state index in [4.69, 9.17) is 9.47 Å². The van der Waals surface area contributed by atoms with E-state index in [-0.39, 0.29) is 6.42 Å². The van der Waals surface area contributed by atoms with Crippen molar-refractivity contribution >= 4 is 18.0 Å². The Balaban J connectivity index is 2.31. The van der Waals surface area contributed by atoms with Crippen LogP contribution in [0.2, 0.25) is 0 Å². The van der Waals surface area contributed by atoms with Gasteiger partial charge in [-0.25, -0.2) is 4.79 Å². The summed E-state index contributed by atoms with van der Waals surface area (Å²) in [5, 5.41) is 2.56. The van der Waals surface area contributed by atoms with Crippen LogP contribution in [0.25, 0.3) is 0 Å². The number of hydrogen-bond donors (Lipinski definition) is 1. The molecular weight excluding hydrogens is 347 g/mol. The third kappa shape index (κ3) is 9.58. The number of rotatable bonds is 5. The van der Waals surface area contributed by atoms with Crippen LogP contribution in [0, 0.1) is 0 Å². The summed E-state index contributed by atoms with van der Waals surface area (Å²) >= 11 is 0. The molecule has 2 atom stereocenters. The lowest BCUT2D eigenvalue weighted by molar-refractivity contribution is -0.188. The average molecular weight is 367 g/mol. The number of carbonyl (C=O) groups excluding carboxylic acids is 3. The number of alkyl halides is 3. The molecular formula is C15H20F3NO6. The summed E-state index contributed by atoms with van der Waals surface area (Å²) in [5.41, 5.74) is -0.658. The lowest BCUT2D eigenvalue weighted by atomic mass is 10.2. The van der Waals surface area contributed by atoms with Crippen molar-refractivity contribution in [3.8, 4) is 0 Å². The molecule has 2 unspecified atom stereocenters.